The molecule has 0 aromatic heterocycles. The second kappa shape index (κ2) is 8.68. The Bertz CT molecular complexity index is 619. The molecule has 2 atom stereocenters. The summed E-state index contributed by atoms with van der Waals surface area (Å²) in [7, 11) is 0. The van der Waals surface area contributed by atoms with E-state index in [4.69, 9.17) is 0 Å². The Labute approximate surface area is 146 Å². The highest BCUT2D eigenvalue weighted by Gasteiger charge is 2.26. The summed E-state index contributed by atoms with van der Waals surface area (Å²) in [5, 5.41) is 3.31. The fourth-order valence-corrected chi connectivity index (χ4v) is 3.20. The molecular formula is C22H29NO. The van der Waals surface area contributed by atoms with Crippen LogP contribution in [0.5, 0.6) is 0 Å². The highest BCUT2D eigenvalue weighted by Crippen LogP contribution is 2.27. The largest absolute Gasteiger partial charge is 0.349 e. The molecule has 0 saturated heterocycles. The van der Waals surface area contributed by atoms with Crippen LogP contribution in [0.25, 0.3) is 0 Å². The molecule has 2 heteroatoms. The summed E-state index contributed by atoms with van der Waals surface area (Å²) in [5.41, 5.74) is 2.26. The Morgan fingerprint density at radius 1 is 0.833 bits per heavy atom. The van der Waals surface area contributed by atoms with E-state index in [1.165, 1.54) is 5.56 Å². The van der Waals surface area contributed by atoms with Crippen molar-refractivity contribution in [1.29, 1.82) is 0 Å². The van der Waals surface area contributed by atoms with Gasteiger partial charge in [0.1, 0.15) is 0 Å². The van der Waals surface area contributed by atoms with Crippen LogP contribution in [0.1, 0.15) is 57.2 Å². The average molecular weight is 323 g/mol. The van der Waals surface area contributed by atoms with Crippen LogP contribution in [-0.2, 0) is 4.79 Å². The Morgan fingerprint density at radius 2 is 1.33 bits per heavy atom. The van der Waals surface area contributed by atoms with Gasteiger partial charge in [-0.15, -0.1) is 0 Å². The predicted molar refractivity (Wildman–Crippen MR) is 101 cm³/mol. The van der Waals surface area contributed by atoms with Crippen LogP contribution in [0, 0.1) is 11.8 Å². The van der Waals surface area contributed by atoms with Crippen molar-refractivity contribution in [3.05, 3.63) is 71.8 Å². The highest BCUT2D eigenvalue weighted by atomic mass is 16.2. The molecule has 2 rings (SSSR count). The van der Waals surface area contributed by atoms with E-state index >= 15 is 0 Å². The molecule has 2 aromatic carbocycles. The maximum absolute atomic E-state index is 13.0. The molecule has 0 heterocycles. The molecule has 0 radical (unpaired) electrons. The summed E-state index contributed by atoms with van der Waals surface area (Å²) in [6.07, 6.45) is 0.940. The molecule has 0 unspecified atom stereocenters. The van der Waals surface area contributed by atoms with E-state index in [1.807, 2.05) is 48.5 Å². The minimum absolute atomic E-state index is 0.0589. The minimum atomic E-state index is -0.121. The van der Waals surface area contributed by atoms with Gasteiger partial charge in [0.2, 0.25) is 5.91 Å². The first-order valence-corrected chi connectivity index (χ1v) is 8.89. The van der Waals surface area contributed by atoms with Crippen molar-refractivity contribution in [2.45, 2.75) is 46.1 Å². The quantitative estimate of drug-likeness (QED) is 0.733. The zero-order chi connectivity index (χ0) is 17.5. The smallest absolute Gasteiger partial charge is 0.228 e. The van der Waals surface area contributed by atoms with Gasteiger partial charge in [-0.05, 0) is 29.4 Å². The van der Waals surface area contributed by atoms with Crippen molar-refractivity contribution in [3.63, 3.8) is 0 Å². The fourth-order valence-electron chi connectivity index (χ4n) is 3.20. The Kier molecular flexibility index (Phi) is 6.60. The zero-order valence-electron chi connectivity index (χ0n) is 15.2. The van der Waals surface area contributed by atoms with Gasteiger partial charge >= 0.3 is 0 Å². The van der Waals surface area contributed by atoms with Gasteiger partial charge in [0.25, 0.3) is 0 Å². The molecule has 0 saturated carbocycles. The molecule has 2 nitrogen and oxygen atoms in total. The lowest BCUT2D eigenvalue weighted by Gasteiger charge is -2.26. The maximum Gasteiger partial charge on any atom is 0.228 e. The van der Waals surface area contributed by atoms with Crippen molar-refractivity contribution in [1.82, 2.24) is 5.32 Å². The Morgan fingerprint density at radius 3 is 1.79 bits per heavy atom. The number of amides is 1. The summed E-state index contributed by atoms with van der Waals surface area (Å²) < 4.78 is 0. The molecule has 0 fully saturated rings. The third-order valence-electron chi connectivity index (χ3n) is 4.33. The molecule has 0 aliphatic carbocycles. The van der Waals surface area contributed by atoms with Crippen LogP contribution in [-0.4, -0.2) is 5.91 Å². The molecule has 0 aliphatic heterocycles. The molecule has 0 bridgehead atoms. The molecule has 0 aliphatic rings. The van der Waals surface area contributed by atoms with Gasteiger partial charge in [-0.3, -0.25) is 4.79 Å². The van der Waals surface area contributed by atoms with Crippen molar-refractivity contribution in [2.24, 2.45) is 11.8 Å². The first-order chi connectivity index (χ1) is 11.5. The van der Waals surface area contributed by atoms with Gasteiger partial charge in [-0.25, -0.2) is 0 Å². The highest BCUT2D eigenvalue weighted by molar-refractivity contribution is 5.84. The van der Waals surface area contributed by atoms with Crippen LogP contribution in [0.3, 0.4) is 0 Å². The lowest BCUT2D eigenvalue weighted by Crippen LogP contribution is -2.35. The van der Waals surface area contributed by atoms with Crippen molar-refractivity contribution in [3.8, 4) is 0 Å². The van der Waals surface area contributed by atoms with E-state index in [1.54, 1.807) is 0 Å². The molecule has 0 spiro atoms. The van der Waals surface area contributed by atoms with E-state index < -0.39 is 0 Å². The predicted octanol–water partition coefficient (Wildman–Crippen LogP) is 5.33. The van der Waals surface area contributed by atoms with Gasteiger partial charge in [0, 0.05) is 0 Å². The molecule has 1 amide bonds. The van der Waals surface area contributed by atoms with E-state index in [0.717, 1.165) is 12.0 Å². The molecule has 2 aromatic rings. The van der Waals surface area contributed by atoms with Crippen molar-refractivity contribution < 1.29 is 4.79 Å². The zero-order valence-corrected chi connectivity index (χ0v) is 15.2. The summed E-state index contributed by atoms with van der Waals surface area (Å²) in [6.45, 7) is 8.60. The summed E-state index contributed by atoms with van der Waals surface area (Å²) in [6, 6.07) is 20.4. The van der Waals surface area contributed by atoms with Crippen LogP contribution >= 0.6 is 0 Å². The lowest BCUT2D eigenvalue weighted by atomic mass is 9.87. The SMILES string of the molecule is CC(C)C[C@H](NC(=O)[C@H](c1ccccc1)C(C)C)c1ccccc1. The Balaban J connectivity index is 2.22. The first-order valence-electron chi connectivity index (χ1n) is 8.89. The summed E-state index contributed by atoms with van der Waals surface area (Å²) >= 11 is 0. The topological polar surface area (TPSA) is 29.1 Å². The van der Waals surface area contributed by atoms with Crippen LogP contribution in [0.4, 0.5) is 0 Å². The van der Waals surface area contributed by atoms with Crippen molar-refractivity contribution >= 4 is 5.91 Å². The number of nitrogens with one attached hydrogen (secondary N) is 1. The molecule has 24 heavy (non-hydrogen) atoms. The van der Waals surface area contributed by atoms with Crippen LogP contribution in [0.15, 0.2) is 60.7 Å². The molecule has 1 N–H and O–H groups in total. The third-order valence-corrected chi connectivity index (χ3v) is 4.33. The summed E-state index contributed by atoms with van der Waals surface area (Å²) in [4.78, 5) is 13.0. The van der Waals surface area contributed by atoms with Gasteiger partial charge < -0.3 is 5.32 Å². The average Bonchev–Trinajstić information content (AvgIpc) is 2.55. The van der Waals surface area contributed by atoms with Crippen LogP contribution < -0.4 is 5.32 Å². The second-order valence-electron chi connectivity index (χ2n) is 7.23. The van der Waals surface area contributed by atoms with E-state index in [-0.39, 0.29) is 23.8 Å². The van der Waals surface area contributed by atoms with Gasteiger partial charge in [-0.1, -0.05) is 88.4 Å². The van der Waals surface area contributed by atoms with E-state index in [0.29, 0.717) is 5.92 Å². The number of carbonyl (C=O) groups excluding carboxylic acids is 1. The molecule has 128 valence electrons. The maximum atomic E-state index is 13.0. The number of rotatable bonds is 7. The fraction of sp³-hybridized carbons (Fsp3) is 0.409. The second-order valence-corrected chi connectivity index (χ2v) is 7.23. The van der Waals surface area contributed by atoms with Crippen LogP contribution in [0.2, 0.25) is 0 Å². The number of benzene rings is 2. The van der Waals surface area contributed by atoms with Gasteiger partial charge in [0.15, 0.2) is 0 Å². The summed E-state index contributed by atoms with van der Waals surface area (Å²) in [5.74, 6) is 0.767. The van der Waals surface area contributed by atoms with Gasteiger partial charge in [-0.2, -0.15) is 0 Å². The number of carbonyl (C=O) groups is 1. The van der Waals surface area contributed by atoms with E-state index in [2.05, 4.69) is 45.1 Å². The Hall–Kier alpha value is -2.09. The minimum Gasteiger partial charge on any atom is -0.349 e. The number of hydrogen-bond acceptors (Lipinski definition) is 1. The monoisotopic (exact) mass is 323 g/mol. The standard InChI is InChI=1S/C22H29NO/c1-16(2)15-20(18-11-7-5-8-12-18)23-22(24)21(17(3)4)19-13-9-6-10-14-19/h5-14,16-17,20-21H,15H2,1-4H3,(H,23,24)/t20-,21-/m0/s1. The lowest BCUT2D eigenvalue weighted by molar-refractivity contribution is -0.124. The molecular weight excluding hydrogens is 294 g/mol. The third kappa shape index (κ3) is 4.95. The normalized spacial score (nSPS) is 13.8. The van der Waals surface area contributed by atoms with E-state index in [9.17, 15) is 4.79 Å². The van der Waals surface area contributed by atoms with Gasteiger partial charge in [0.05, 0.1) is 12.0 Å². The number of hydrogen-bond donors (Lipinski definition) is 1. The first kappa shape index (κ1) is 18.3. The van der Waals surface area contributed by atoms with Crippen molar-refractivity contribution in [2.75, 3.05) is 0 Å².